The minimum Gasteiger partial charge on any atom is -0.330 e. The number of hydrogen-bond donors (Lipinski definition) is 3. The van der Waals surface area contributed by atoms with Crippen LogP contribution in [-0.4, -0.2) is 42.9 Å². The Hall–Kier alpha value is -1.92. The van der Waals surface area contributed by atoms with E-state index in [-0.39, 0.29) is 11.8 Å². The van der Waals surface area contributed by atoms with Crippen molar-refractivity contribution in [2.45, 2.75) is 38.5 Å². The third kappa shape index (κ3) is 6.68. The van der Waals surface area contributed by atoms with E-state index in [1.807, 2.05) is 0 Å². The fourth-order valence-electron chi connectivity index (χ4n) is 2.87. The number of likely N-dealkylation sites (tertiary alicyclic amines) is 1. The first-order valence-electron chi connectivity index (χ1n) is 8.79. The lowest BCUT2D eigenvalue weighted by atomic mass is 10.1. The zero-order valence-corrected chi connectivity index (χ0v) is 14.2. The van der Waals surface area contributed by atoms with Gasteiger partial charge in [-0.1, -0.05) is 19.3 Å². The van der Waals surface area contributed by atoms with Crippen LogP contribution < -0.4 is 16.4 Å². The van der Waals surface area contributed by atoms with Crippen LogP contribution in [0.2, 0.25) is 0 Å². The number of hydrogen-bond acceptors (Lipinski definition) is 4. The van der Waals surface area contributed by atoms with E-state index in [1.54, 1.807) is 24.3 Å². The molecule has 6 nitrogen and oxygen atoms in total. The van der Waals surface area contributed by atoms with Crippen molar-refractivity contribution in [2.24, 2.45) is 5.73 Å². The van der Waals surface area contributed by atoms with E-state index in [1.165, 1.54) is 32.1 Å². The summed E-state index contributed by atoms with van der Waals surface area (Å²) >= 11 is 0. The molecule has 2 amide bonds. The number of carbonyl (C=O) groups excluding carboxylic acids is 2. The summed E-state index contributed by atoms with van der Waals surface area (Å²) in [6.07, 6.45) is 6.47. The fraction of sp³-hybridized carbons (Fsp3) is 0.556. The minimum atomic E-state index is -0.105. The fourth-order valence-corrected chi connectivity index (χ4v) is 2.87. The van der Waals surface area contributed by atoms with Crippen LogP contribution in [0.1, 0.15) is 38.5 Å². The highest BCUT2D eigenvalue weighted by molar-refractivity contribution is 5.93. The maximum Gasteiger partial charge on any atom is 0.238 e. The van der Waals surface area contributed by atoms with Crippen LogP contribution in [0.5, 0.6) is 0 Å². The molecule has 1 heterocycles. The van der Waals surface area contributed by atoms with Gasteiger partial charge < -0.3 is 16.4 Å². The molecule has 0 aliphatic carbocycles. The quantitative estimate of drug-likeness (QED) is 0.745. The molecular formula is C18H28N4O2. The molecule has 6 heteroatoms. The molecule has 1 aromatic carbocycles. The molecule has 24 heavy (non-hydrogen) atoms. The van der Waals surface area contributed by atoms with E-state index in [0.717, 1.165) is 18.8 Å². The maximum atomic E-state index is 12.2. The number of nitrogens with zero attached hydrogens (tertiary/aromatic N) is 1. The Balaban J connectivity index is 1.79. The van der Waals surface area contributed by atoms with Gasteiger partial charge >= 0.3 is 0 Å². The molecule has 2 rings (SSSR count). The smallest absolute Gasteiger partial charge is 0.238 e. The van der Waals surface area contributed by atoms with Crippen LogP contribution in [0.4, 0.5) is 11.4 Å². The van der Waals surface area contributed by atoms with Crippen molar-refractivity contribution in [1.29, 1.82) is 0 Å². The summed E-state index contributed by atoms with van der Waals surface area (Å²) in [4.78, 5) is 25.9. The van der Waals surface area contributed by atoms with Gasteiger partial charge in [0.15, 0.2) is 0 Å². The van der Waals surface area contributed by atoms with Gasteiger partial charge in [0.05, 0.1) is 6.54 Å². The average molecular weight is 332 g/mol. The van der Waals surface area contributed by atoms with Gasteiger partial charge in [-0.2, -0.15) is 0 Å². The van der Waals surface area contributed by atoms with E-state index in [0.29, 0.717) is 25.2 Å². The molecule has 1 fully saturated rings. The third-order valence-corrected chi connectivity index (χ3v) is 4.14. The lowest BCUT2D eigenvalue weighted by Crippen LogP contribution is -2.35. The molecule has 1 aliphatic rings. The summed E-state index contributed by atoms with van der Waals surface area (Å²) in [5, 5.41) is 5.68. The van der Waals surface area contributed by atoms with Crippen LogP contribution in [0, 0.1) is 0 Å². The summed E-state index contributed by atoms with van der Waals surface area (Å²) in [6, 6.07) is 7.15. The number of amides is 2. The second-order valence-corrected chi connectivity index (χ2v) is 6.26. The van der Waals surface area contributed by atoms with Crippen LogP contribution in [-0.2, 0) is 9.59 Å². The van der Waals surface area contributed by atoms with Gasteiger partial charge in [0.2, 0.25) is 11.8 Å². The van der Waals surface area contributed by atoms with Crippen molar-refractivity contribution in [3.05, 3.63) is 24.3 Å². The first-order valence-corrected chi connectivity index (χ1v) is 8.79. The Morgan fingerprint density at radius 1 is 0.875 bits per heavy atom. The summed E-state index contributed by atoms with van der Waals surface area (Å²) in [6.45, 7) is 2.77. The zero-order valence-electron chi connectivity index (χ0n) is 14.2. The van der Waals surface area contributed by atoms with E-state index >= 15 is 0 Å². The molecule has 0 atom stereocenters. The highest BCUT2D eigenvalue weighted by atomic mass is 16.2. The van der Waals surface area contributed by atoms with Crippen molar-refractivity contribution in [3.63, 3.8) is 0 Å². The lowest BCUT2D eigenvalue weighted by molar-refractivity contribution is -0.117. The van der Waals surface area contributed by atoms with Gasteiger partial charge in [0.25, 0.3) is 0 Å². The number of benzene rings is 1. The highest BCUT2D eigenvalue weighted by Gasteiger charge is 2.12. The van der Waals surface area contributed by atoms with Gasteiger partial charge in [-0.15, -0.1) is 0 Å². The van der Waals surface area contributed by atoms with Crippen molar-refractivity contribution in [1.82, 2.24) is 4.90 Å². The largest absolute Gasteiger partial charge is 0.330 e. The van der Waals surface area contributed by atoms with Gasteiger partial charge in [0, 0.05) is 24.3 Å². The Bertz CT molecular complexity index is 522. The SMILES string of the molecule is NCCC(=O)Nc1ccc(NC(=O)CN2CCCCCCC2)cc1. The van der Waals surface area contributed by atoms with E-state index in [4.69, 9.17) is 5.73 Å². The molecule has 0 unspecified atom stereocenters. The lowest BCUT2D eigenvalue weighted by Gasteiger charge is -2.23. The number of nitrogens with two attached hydrogens (primary N) is 1. The Morgan fingerprint density at radius 3 is 1.92 bits per heavy atom. The molecule has 0 spiro atoms. The molecule has 1 saturated heterocycles. The molecule has 0 saturated carbocycles. The molecular weight excluding hydrogens is 304 g/mol. The van der Waals surface area contributed by atoms with E-state index in [9.17, 15) is 9.59 Å². The normalized spacial score (nSPS) is 16.0. The standard InChI is InChI=1S/C18H28N4O2/c19-11-10-17(23)20-15-6-8-16(9-7-15)21-18(24)14-22-12-4-2-1-3-5-13-22/h6-9H,1-5,10-14,19H2,(H,20,23)(H,21,24). The number of nitrogens with one attached hydrogen (secondary N) is 2. The summed E-state index contributed by atoms with van der Waals surface area (Å²) in [5.74, 6) is -0.0955. The van der Waals surface area contributed by atoms with Crippen molar-refractivity contribution in [2.75, 3.05) is 36.8 Å². The summed E-state index contributed by atoms with van der Waals surface area (Å²) in [7, 11) is 0. The van der Waals surface area contributed by atoms with Crippen LogP contribution in [0.25, 0.3) is 0 Å². The van der Waals surface area contributed by atoms with Crippen molar-refractivity contribution < 1.29 is 9.59 Å². The third-order valence-electron chi connectivity index (χ3n) is 4.14. The van der Waals surface area contributed by atoms with E-state index < -0.39 is 0 Å². The van der Waals surface area contributed by atoms with Crippen LogP contribution in [0.3, 0.4) is 0 Å². The van der Waals surface area contributed by atoms with Gasteiger partial charge in [-0.25, -0.2) is 0 Å². The topological polar surface area (TPSA) is 87.5 Å². The second kappa shape index (κ2) is 10.1. The first kappa shape index (κ1) is 18.4. The predicted octanol–water partition coefficient (Wildman–Crippen LogP) is 2.18. The van der Waals surface area contributed by atoms with Crippen LogP contribution in [0.15, 0.2) is 24.3 Å². The average Bonchev–Trinajstić information content (AvgIpc) is 2.52. The molecule has 1 aliphatic heterocycles. The molecule has 4 N–H and O–H groups in total. The van der Waals surface area contributed by atoms with Gasteiger partial charge in [-0.05, 0) is 50.2 Å². The Morgan fingerprint density at radius 2 is 1.38 bits per heavy atom. The Kier molecular flexibility index (Phi) is 7.71. The number of carbonyl (C=O) groups is 2. The van der Waals surface area contributed by atoms with Gasteiger partial charge in [0.1, 0.15) is 0 Å². The summed E-state index contributed by atoms with van der Waals surface area (Å²) in [5.41, 5.74) is 6.79. The highest BCUT2D eigenvalue weighted by Crippen LogP contribution is 2.14. The van der Waals surface area contributed by atoms with Crippen molar-refractivity contribution in [3.8, 4) is 0 Å². The maximum absolute atomic E-state index is 12.2. The second-order valence-electron chi connectivity index (χ2n) is 6.26. The van der Waals surface area contributed by atoms with Gasteiger partial charge in [-0.3, -0.25) is 14.5 Å². The van der Waals surface area contributed by atoms with E-state index in [2.05, 4.69) is 15.5 Å². The molecule has 1 aromatic rings. The number of anilines is 2. The molecule has 0 radical (unpaired) electrons. The van der Waals surface area contributed by atoms with Crippen molar-refractivity contribution >= 4 is 23.2 Å². The van der Waals surface area contributed by atoms with Crippen LogP contribution >= 0.6 is 0 Å². The number of rotatable bonds is 6. The molecule has 0 aromatic heterocycles. The molecule has 0 bridgehead atoms. The predicted molar refractivity (Wildman–Crippen MR) is 96.9 cm³/mol. The first-order chi connectivity index (χ1) is 11.7. The Labute approximate surface area is 143 Å². The molecule has 132 valence electrons. The monoisotopic (exact) mass is 332 g/mol. The summed E-state index contributed by atoms with van der Waals surface area (Å²) < 4.78 is 0. The zero-order chi connectivity index (χ0) is 17.2. The minimum absolute atomic E-state index is 0.00971.